The molecular formula is C17H21N7. The molecule has 0 bridgehead atoms. The number of aryl methyl sites for hydroxylation is 1. The Morgan fingerprint density at radius 1 is 1.29 bits per heavy atom. The maximum absolute atomic E-state index is 9.07. The topological polar surface area (TPSA) is 89.8 Å². The van der Waals surface area contributed by atoms with E-state index < -0.39 is 0 Å². The summed E-state index contributed by atoms with van der Waals surface area (Å²) in [5.74, 6) is 2.50. The van der Waals surface area contributed by atoms with E-state index >= 15 is 0 Å². The Morgan fingerprint density at radius 2 is 2.17 bits per heavy atom. The van der Waals surface area contributed by atoms with Gasteiger partial charge < -0.3 is 15.5 Å². The summed E-state index contributed by atoms with van der Waals surface area (Å²) in [7, 11) is 1.85. The lowest BCUT2D eigenvalue weighted by Gasteiger charge is -2.26. The Morgan fingerprint density at radius 3 is 2.96 bits per heavy atom. The molecule has 1 saturated heterocycles. The van der Waals surface area contributed by atoms with Crippen molar-refractivity contribution in [2.45, 2.75) is 25.8 Å². The second kappa shape index (κ2) is 7.13. The maximum Gasteiger partial charge on any atom is 0.134 e. The van der Waals surface area contributed by atoms with E-state index in [-0.39, 0.29) is 0 Å². The monoisotopic (exact) mass is 323 g/mol. The third-order valence-electron chi connectivity index (χ3n) is 4.18. The fourth-order valence-electron chi connectivity index (χ4n) is 3.04. The summed E-state index contributed by atoms with van der Waals surface area (Å²) in [6.07, 6.45) is 3.82. The van der Waals surface area contributed by atoms with Crippen molar-refractivity contribution in [2.75, 3.05) is 35.7 Å². The van der Waals surface area contributed by atoms with E-state index in [0.717, 1.165) is 49.1 Å². The van der Waals surface area contributed by atoms with Crippen LogP contribution in [-0.2, 0) is 0 Å². The first-order valence-corrected chi connectivity index (χ1v) is 8.08. The molecule has 1 aliphatic heterocycles. The van der Waals surface area contributed by atoms with Crippen LogP contribution in [-0.4, -0.2) is 41.1 Å². The molecular weight excluding hydrogens is 302 g/mol. The van der Waals surface area contributed by atoms with Crippen molar-refractivity contribution < 1.29 is 0 Å². The molecule has 0 saturated carbocycles. The number of nitrogens with zero attached hydrogens (tertiary/aromatic N) is 5. The number of hydrogen-bond acceptors (Lipinski definition) is 7. The van der Waals surface area contributed by atoms with Gasteiger partial charge in [-0.15, -0.1) is 0 Å². The Kier molecular flexibility index (Phi) is 4.75. The van der Waals surface area contributed by atoms with Gasteiger partial charge in [-0.05, 0) is 31.9 Å². The highest BCUT2D eigenvalue weighted by Crippen LogP contribution is 2.25. The van der Waals surface area contributed by atoms with Crippen LogP contribution in [0.4, 0.5) is 17.5 Å². The van der Waals surface area contributed by atoms with Crippen molar-refractivity contribution in [1.29, 1.82) is 5.26 Å². The summed E-state index contributed by atoms with van der Waals surface area (Å²) in [4.78, 5) is 15.3. The maximum atomic E-state index is 9.07. The number of hydrogen-bond donors (Lipinski definition) is 2. The lowest BCUT2D eigenvalue weighted by Crippen LogP contribution is -2.35. The molecule has 1 atom stereocenters. The lowest BCUT2D eigenvalue weighted by atomic mass is 10.2. The van der Waals surface area contributed by atoms with Gasteiger partial charge in [-0.2, -0.15) is 5.26 Å². The van der Waals surface area contributed by atoms with Crippen LogP contribution in [0.1, 0.15) is 24.1 Å². The molecule has 1 fully saturated rings. The molecule has 0 amide bonds. The van der Waals surface area contributed by atoms with Gasteiger partial charge in [0.2, 0.25) is 0 Å². The van der Waals surface area contributed by atoms with Gasteiger partial charge in [-0.3, -0.25) is 0 Å². The third-order valence-corrected chi connectivity index (χ3v) is 4.18. The summed E-state index contributed by atoms with van der Waals surface area (Å²) in [5.41, 5.74) is 1.47. The minimum absolute atomic E-state index is 0.345. The number of rotatable bonds is 5. The molecule has 7 nitrogen and oxygen atoms in total. The van der Waals surface area contributed by atoms with Gasteiger partial charge in [0.25, 0.3) is 0 Å². The van der Waals surface area contributed by atoms with Gasteiger partial charge in [0, 0.05) is 37.9 Å². The van der Waals surface area contributed by atoms with Crippen molar-refractivity contribution in [2.24, 2.45) is 0 Å². The lowest BCUT2D eigenvalue weighted by molar-refractivity contribution is 0.688. The zero-order valence-corrected chi connectivity index (χ0v) is 14.0. The van der Waals surface area contributed by atoms with Crippen LogP contribution in [0.2, 0.25) is 0 Å². The molecule has 2 aromatic rings. The first-order chi connectivity index (χ1) is 11.7. The van der Waals surface area contributed by atoms with Gasteiger partial charge in [-0.25, -0.2) is 15.0 Å². The minimum Gasteiger partial charge on any atom is -0.373 e. The Balaban J connectivity index is 1.70. The van der Waals surface area contributed by atoms with Crippen LogP contribution in [0.3, 0.4) is 0 Å². The zero-order chi connectivity index (χ0) is 16.9. The number of aromatic nitrogens is 3. The summed E-state index contributed by atoms with van der Waals surface area (Å²) < 4.78 is 0. The standard InChI is InChI=1S/C17H21N7/c1-12-6-13(9-18)7-16(23-12)20-10-14-4-3-5-24(14)17-8-15(19-2)21-11-22-17/h6-8,11,14H,3-5,10H2,1-2H3,(H,20,23)(H,19,21,22). The zero-order valence-electron chi connectivity index (χ0n) is 14.0. The van der Waals surface area contributed by atoms with Crippen LogP contribution < -0.4 is 15.5 Å². The molecule has 7 heteroatoms. The van der Waals surface area contributed by atoms with Crippen LogP contribution >= 0.6 is 0 Å². The van der Waals surface area contributed by atoms with E-state index in [2.05, 4.69) is 36.6 Å². The largest absolute Gasteiger partial charge is 0.373 e. The number of pyridine rings is 1. The van der Waals surface area contributed by atoms with Crippen molar-refractivity contribution >= 4 is 17.5 Å². The minimum atomic E-state index is 0.345. The van der Waals surface area contributed by atoms with Gasteiger partial charge in [0.15, 0.2) is 0 Å². The average molecular weight is 323 g/mol. The van der Waals surface area contributed by atoms with E-state index in [9.17, 15) is 0 Å². The van der Waals surface area contributed by atoms with Gasteiger partial charge in [-0.1, -0.05) is 0 Å². The fourth-order valence-corrected chi connectivity index (χ4v) is 3.04. The molecule has 0 radical (unpaired) electrons. The molecule has 24 heavy (non-hydrogen) atoms. The highest BCUT2D eigenvalue weighted by Gasteiger charge is 2.25. The molecule has 3 rings (SSSR count). The van der Waals surface area contributed by atoms with E-state index in [1.54, 1.807) is 18.5 Å². The van der Waals surface area contributed by atoms with E-state index in [0.29, 0.717) is 11.6 Å². The van der Waals surface area contributed by atoms with E-state index in [4.69, 9.17) is 5.26 Å². The molecule has 2 N–H and O–H groups in total. The quantitative estimate of drug-likeness (QED) is 0.871. The van der Waals surface area contributed by atoms with E-state index in [1.807, 2.05) is 20.0 Å². The van der Waals surface area contributed by atoms with Crippen molar-refractivity contribution in [3.63, 3.8) is 0 Å². The molecule has 0 aliphatic carbocycles. The number of anilines is 3. The average Bonchev–Trinajstić information content (AvgIpc) is 3.08. The molecule has 0 spiro atoms. The van der Waals surface area contributed by atoms with Crippen LogP contribution in [0.25, 0.3) is 0 Å². The Bertz CT molecular complexity index is 753. The van der Waals surface area contributed by atoms with Crippen molar-refractivity contribution in [3.8, 4) is 6.07 Å². The summed E-state index contributed by atoms with van der Waals surface area (Å²) in [6.45, 7) is 3.64. The first kappa shape index (κ1) is 16.0. The summed E-state index contributed by atoms with van der Waals surface area (Å²) >= 11 is 0. The predicted molar refractivity (Wildman–Crippen MR) is 94.1 cm³/mol. The van der Waals surface area contributed by atoms with E-state index in [1.165, 1.54) is 0 Å². The SMILES string of the molecule is CNc1cc(N2CCCC2CNc2cc(C#N)cc(C)n2)ncn1. The molecule has 2 aromatic heterocycles. The normalized spacial score (nSPS) is 16.7. The smallest absolute Gasteiger partial charge is 0.134 e. The molecule has 1 unspecified atom stereocenters. The molecule has 1 aliphatic rings. The molecule has 3 heterocycles. The van der Waals surface area contributed by atoms with Gasteiger partial charge >= 0.3 is 0 Å². The summed E-state index contributed by atoms with van der Waals surface area (Å²) in [6, 6.07) is 8.06. The van der Waals surface area contributed by atoms with Crippen molar-refractivity contribution in [3.05, 3.63) is 35.8 Å². The van der Waals surface area contributed by atoms with Crippen LogP contribution in [0, 0.1) is 18.3 Å². The highest BCUT2D eigenvalue weighted by molar-refractivity contribution is 5.50. The van der Waals surface area contributed by atoms with Crippen LogP contribution in [0.15, 0.2) is 24.5 Å². The van der Waals surface area contributed by atoms with Crippen molar-refractivity contribution in [1.82, 2.24) is 15.0 Å². The second-order valence-electron chi connectivity index (χ2n) is 5.88. The Hall–Kier alpha value is -2.88. The van der Waals surface area contributed by atoms with Crippen LogP contribution in [0.5, 0.6) is 0 Å². The third kappa shape index (κ3) is 3.54. The second-order valence-corrected chi connectivity index (χ2v) is 5.88. The first-order valence-electron chi connectivity index (χ1n) is 8.08. The van der Waals surface area contributed by atoms with Gasteiger partial charge in [0.05, 0.1) is 11.6 Å². The fraction of sp³-hybridized carbons (Fsp3) is 0.412. The molecule has 0 aromatic carbocycles. The highest BCUT2D eigenvalue weighted by atomic mass is 15.3. The Labute approximate surface area is 141 Å². The number of nitrogens with one attached hydrogen (secondary N) is 2. The summed E-state index contributed by atoms with van der Waals surface area (Å²) in [5, 5.41) is 15.5. The predicted octanol–water partition coefficient (Wildman–Crippen LogP) is 2.17. The number of nitriles is 1. The van der Waals surface area contributed by atoms with Gasteiger partial charge in [0.1, 0.15) is 23.8 Å². The molecule has 124 valence electrons.